The average molecular weight is 488 g/mol. The Hall–Kier alpha value is -2.71. The molecule has 0 saturated carbocycles. The lowest BCUT2D eigenvalue weighted by atomic mass is 9.91. The molecule has 0 aliphatic rings. The first-order valence-electron chi connectivity index (χ1n) is 12.4. The van der Waals surface area contributed by atoms with Gasteiger partial charge in [0.05, 0.1) is 25.6 Å². The molecule has 35 heavy (non-hydrogen) atoms. The molecule has 0 fully saturated rings. The lowest BCUT2D eigenvalue weighted by molar-refractivity contribution is -0.178. The fraction of sp³-hybridized carbons (Fsp3) is 0.593. The smallest absolute Gasteiger partial charge is 0.338 e. The molecule has 1 aromatic carbocycles. The lowest BCUT2D eigenvalue weighted by Crippen LogP contribution is -2.48. The minimum atomic E-state index is -1.12. The number of hydrogen-bond donors (Lipinski definition) is 1. The van der Waals surface area contributed by atoms with Gasteiger partial charge in [0.25, 0.3) is 0 Å². The number of esters is 1. The molecule has 1 N–H and O–H groups in total. The molecule has 3 atom stereocenters. The van der Waals surface area contributed by atoms with Crippen molar-refractivity contribution in [1.29, 1.82) is 0 Å². The average Bonchev–Trinajstić information content (AvgIpc) is 3.41. The number of nitrogens with one attached hydrogen (secondary N) is 1. The van der Waals surface area contributed by atoms with Gasteiger partial charge in [-0.25, -0.2) is 9.78 Å². The summed E-state index contributed by atoms with van der Waals surface area (Å²) in [7, 11) is 0. The standard InChI is InChI=1S/C27H41N3O5/c1-6-22(3)33-19-26(4,24(31)29-14-11-16-30-17-15-28-21-30)20-34-25(32)27(5,7-2)35-18-23-12-9-8-10-13-23/h8-10,12-13,15,17,21-22H,6-7,11,14,16,18-20H2,1-5H3,(H,29,31). The molecule has 2 rings (SSSR count). The highest BCUT2D eigenvalue weighted by atomic mass is 16.6. The predicted molar refractivity (Wildman–Crippen MR) is 135 cm³/mol. The van der Waals surface area contributed by atoms with E-state index >= 15 is 0 Å². The van der Waals surface area contributed by atoms with Gasteiger partial charge in [0.2, 0.25) is 5.91 Å². The van der Waals surface area contributed by atoms with Gasteiger partial charge in [-0.15, -0.1) is 0 Å². The van der Waals surface area contributed by atoms with Crippen molar-refractivity contribution in [3.05, 3.63) is 54.6 Å². The van der Waals surface area contributed by atoms with Crippen molar-refractivity contribution >= 4 is 11.9 Å². The van der Waals surface area contributed by atoms with E-state index < -0.39 is 17.0 Å². The van der Waals surface area contributed by atoms with Crippen molar-refractivity contribution in [3.8, 4) is 0 Å². The number of imidazole rings is 1. The topological polar surface area (TPSA) is 91.7 Å². The molecule has 194 valence electrons. The fourth-order valence-corrected chi connectivity index (χ4v) is 3.21. The Bertz CT molecular complexity index is 889. The van der Waals surface area contributed by atoms with E-state index in [-0.39, 0.29) is 25.2 Å². The maximum atomic E-state index is 13.1. The van der Waals surface area contributed by atoms with Gasteiger partial charge >= 0.3 is 5.97 Å². The van der Waals surface area contributed by atoms with Gasteiger partial charge in [-0.2, -0.15) is 0 Å². The molecule has 1 aromatic heterocycles. The number of aryl methyl sites for hydroxylation is 1. The number of hydrogen-bond acceptors (Lipinski definition) is 6. The first-order valence-corrected chi connectivity index (χ1v) is 12.4. The van der Waals surface area contributed by atoms with Crippen LogP contribution in [0.3, 0.4) is 0 Å². The van der Waals surface area contributed by atoms with E-state index in [0.717, 1.165) is 24.9 Å². The van der Waals surface area contributed by atoms with Crippen LogP contribution in [0.2, 0.25) is 0 Å². The van der Waals surface area contributed by atoms with Gasteiger partial charge in [-0.05, 0) is 45.6 Å². The zero-order valence-corrected chi connectivity index (χ0v) is 21.8. The second-order valence-electron chi connectivity index (χ2n) is 9.44. The third-order valence-corrected chi connectivity index (χ3v) is 6.28. The molecule has 8 nitrogen and oxygen atoms in total. The Morgan fingerprint density at radius 1 is 1.14 bits per heavy atom. The summed E-state index contributed by atoms with van der Waals surface area (Å²) in [6, 6.07) is 9.68. The van der Waals surface area contributed by atoms with Crippen LogP contribution in [-0.2, 0) is 37.0 Å². The highest BCUT2D eigenvalue weighted by Crippen LogP contribution is 2.24. The highest BCUT2D eigenvalue weighted by Gasteiger charge is 2.40. The Morgan fingerprint density at radius 2 is 1.89 bits per heavy atom. The third kappa shape index (κ3) is 9.11. The van der Waals surface area contributed by atoms with E-state index in [2.05, 4.69) is 10.3 Å². The summed E-state index contributed by atoms with van der Waals surface area (Å²) in [5.74, 6) is -0.693. The number of nitrogens with zero attached hydrogens (tertiary/aromatic N) is 2. The molecule has 8 heteroatoms. The van der Waals surface area contributed by atoms with Crippen molar-refractivity contribution in [3.63, 3.8) is 0 Å². The van der Waals surface area contributed by atoms with Crippen LogP contribution < -0.4 is 5.32 Å². The Morgan fingerprint density at radius 3 is 2.51 bits per heavy atom. The van der Waals surface area contributed by atoms with Gasteiger partial charge in [0.1, 0.15) is 12.0 Å². The van der Waals surface area contributed by atoms with Crippen LogP contribution in [0.15, 0.2) is 49.1 Å². The normalized spacial score (nSPS) is 15.6. The maximum absolute atomic E-state index is 13.1. The van der Waals surface area contributed by atoms with Crippen LogP contribution in [0.4, 0.5) is 0 Å². The van der Waals surface area contributed by atoms with E-state index in [4.69, 9.17) is 14.2 Å². The highest BCUT2D eigenvalue weighted by molar-refractivity contribution is 5.84. The molecule has 2 aromatic rings. The molecule has 0 bridgehead atoms. The fourth-order valence-electron chi connectivity index (χ4n) is 3.21. The van der Waals surface area contributed by atoms with E-state index in [0.29, 0.717) is 19.6 Å². The Kier molecular flexibility index (Phi) is 11.4. The maximum Gasteiger partial charge on any atom is 0.338 e. The molecule has 0 spiro atoms. The number of amides is 1. The van der Waals surface area contributed by atoms with Crippen molar-refractivity contribution in [2.45, 2.75) is 78.7 Å². The van der Waals surface area contributed by atoms with Gasteiger partial charge in [-0.1, -0.05) is 44.2 Å². The van der Waals surface area contributed by atoms with Crippen LogP contribution in [0.1, 0.15) is 59.4 Å². The van der Waals surface area contributed by atoms with Crippen LogP contribution in [0, 0.1) is 5.41 Å². The number of carbonyl (C=O) groups is 2. The van der Waals surface area contributed by atoms with Crippen molar-refractivity contribution < 1.29 is 23.8 Å². The number of rotatable bonds is 16. The molecule has 1 amide bonds. The summed E-state index contributed by atoms with van der Waals surface area (Å²) in [4.78, 5) is 30.2. The van der Waals surface area contributed by atoms with Crippen molar-refractivity contribution in [2.75, 3.05) is 19.8 Å². The van der Waals surface area contributed by atoms with E-state index in [9.17, 15) is 9.59 Å². The summed E-state index contributed by atoms with van der Waals surface area (Å²) in [5, 5.41) is 2.98. The molecule has 0 aliphatic carbocycles. The van der Waals surface area contributed by atoms with Crippen LogP contribution in [-0.4, -0.2) is 52.9 Å². The van der Waals surface area contributed by atoms with Crippen molar-refractivity contribution in [1.82, 2.24) is 14.9 Å². The van der Waals surface area contributed by atoms with Crippen LogP contribution >= 0.6 is 0 Å². The zero-order chi connectivity index (χ0) is 25.7. The molecular formula is C27H41N3O5. The van der Waals surface area contributed by atoms with E-state index in [1.165, 1.54) is 0 Å². The minimum absolute atomic E-state index is 0.00539. The summed E-state index contributed by atoms with van der Waals surface area (Å²) in [6.07, 6.45) is 7.37. The van der Waals surface area contributed by atoms with Gasteiger partial charge in [0, 0.05) is 25.5 Å². The SMILES string of the molecule is CCC(C)OCC(C)(COC(=O)C(C)(CC)OCc1ccccc1)C(=O)NCCCn1ccnc1. The van der Waals surface area contributed by atoms with Gasteiger partial charge in [0.15, 0.2) is 5.60 Å². The molecule has 3 unspecified atom stereocenters. The summed E-state index contributed by atoms with van der Waals surface area (Å²) >= 11 is 0. The lowest BCUT2D eigenvalue weighted by Gasteiger charge is -2.32. The second kappa shape index (κ2) is 14.0. The van der Waals surface area contributed by atoms with Gasteiger partial charge < -0.3 is 24.1 Å². The van der Waals surface area contributed by atoms with Crippen LogP contribution in [0.5, 0.6) is 0 Å². The molecular weight excluding hydrogens is 446 g/mol. The summed E-state index contributed by atoms with van der Waals surface area (Å²) in [6.45, 7) is 11.0. The monoisotopic (exact) mass is 487 g/mol. The molecule has 0 aliphatic heterocycles. The largest absolute Gasteiger partial charge is 0.462 e. The van der Waals surface area contributed by atoms with E-state index in [1.54, 1.807) is 26.4 Å². The second-order valence-corrected chi connectivity index (χ2v) is 9.44. The first-order chi connectivity index (χ1) is 16.7. The molecule has 1 heterocycles. The Labute approximate surface area is 209 Å². The third-order valence-electron chi connectivity index (χ3n) is 6.28. The molecule has 0 radical (unpaired) electrons. The molecule has 0 saturated heterocycles. The predicted octanol–water partition coefficient (Wildman–Crippen LogP) is 4.14. The summed E-state index contributed by atoms with van der Waals surface area (Å²) < 4.78 is 19.5. The summed E-state index contributed by atoms with van der Waals surface area (Å²) in [5.41, 5.74) is -1.17. The minimum Gasteiger partial charge on any atom is -0.462 e. The Balaban J connectivity index is 1.96. The zero-order valence-electron chi connectivity index (χ0n) is 21.8. The number of ether oxygens (including phenoxy) is 3. The van der Waals surface area contributed by atoms with Crippen molar-refractivity contribution in [2.24, 2.45) is 5.41 Å². The quantitative estimate of drug-likeness (QED) is 0.283. The van der Waals surface area contributed by atoms with Gasteiger partial charge in [-0.3, -0.25) is 4.79 Å². The van der Waals surface area contributed by atoms with E-state index in [1.807, 2.05) is 61.9 Å². The number of benzene rings is 1. The first kappa shape index (κ1) is 28.5. The van der Waals surface area contributed by atoms with Crippen LogP contribution in [0.25, 0.3) is 0 Å². The number of carbonyl (C=O) groups excluding carboxylic acids is 2. The number of aromatic nitrogens is 2.